The Morgan fingerprint density at radius 2 is 1.64 bits per heavy atom. The molecule has 2 aromatic heterocycles. The van der Waals surface area contributed by atoms with Crippen molar-refractivity contribution < 1.29 is 27.2 Å². The van der Waals surface area contributed by atoms with Crippen LogP contribution >= 0.6 is 0 Å². The molecular formula is C24H20N2O6S. The molecule has 0 saturated carbocycles. The number of fused-ring (bicyclic) bond motifs is 4. The molecule has 168 valence electrons. The molecule has 0 aliphatic heterocycles. The number of hydrogen-bond acceptors (Lipinski definition) is 6. The van der Waals surface area contributed by atoms with Gasteiger partial charge in [0.15, 0.2) is 5.58 Å². The molecule has 0 aliphatic carbocycles. The Morgan fingerprint density at radius 3 is 2.33 bits per heavy atom. The zero-order valence-electron chi connectivity index (χ0n) is 17.8. The standard InChI is InChI=1S/C24H20N2O6S/c1-13(2)22(24(27)28)26-33(29,30)15-8-10-17-16-9-7-14(11-20(16)31-21(17)12-15)23-25-18-5-3-4-6-19(18)32-23/h3-13,22,26H,1-2H3,(H,27,28)/t22-/m0/s1. The molecule has 5 rings (SSSR count). The number of benzene rings is 3. The molecular weight excluding hydrogens is 444 g/mol. The van der Waals surface area contributed by atoms with Crippen LogP contribution in [0.4, 0.5) is 0 Å². The first-order valence-corrected chi connectivity index (χ1v) is 11.8. The number of carboxylic acid groups (broad SMARTS) is 1. The molecule has 0 amide bonds. The third-order valence-corrected chi connectivity index (χ3v) is 6.95. The minimum Gasteiger partial charge on any atom is -0.480 e. The molecule has 8 nitrogen and oxygen atoms in total. The van der Waals surface area contributed by atoms with E-state index in [1.54, 1.807) is 26.0 Å². The minimum absolute atomic E-state index is 0.0693. The average Bonchev–Trinajstić information content (AvgIpc) is 3.37. The number of furan rings is 1. The van der Waals surface area contributed by atoms with Gasteiger partial charge in [-0.15, -0.1) is 0 Å². The van der Waals surface area contributed by atoms with Gasteiger partial charge in [-0.05, 0) is 48.4 Å². The predicted molar refractivity (Wildman–Crippen MR) is 123 cm³/mol. The van der Waals surface area contributed by atoms with Gasteiger partial charge in [-0.3, -0.25) is 4.79 Å². The molecule has 0 fully saturated rings. The first kappa shape index (κ1) is 21.2. The summed E-state index contributed by atoms with van der Waals surface area (Å²) in [6.45, 7) is 3.27. The van der Waals surface area contributed by atoms with E-state index in [1.807, 2.05) is 36.4 Å². The highest BCUT2D eigenvalue weighted by Crippen LogP contribution is 2.34. The molecule has 0 bridgehead atoms. The number of sulfonamides is 1. The molecule has 2 heterocycles. The Hall–Kier alpha value is -3.69. The van der Waals surface area contributed by atoms with E-state index in [2.05, 4.69) is 9.71 Å². The maximum Gasteiger partial charge on any atom is 0.322 e. The van der Waals surface area contributed by atoms with Gasteiger partial charge in [-0.2, -0.15) is 4.72 Å². The zero-order chi connectivity index (χ0) is 23.3. The van der Waals surface area contributed by atoms with Crippen molar-refractivity contribution in [3.8, 4) is 11.5 Å². The number of aliphatic carboxylic acids is 1. The first-order valence-electron chi connectivity index (χ1n) is 10.3. The van der Waals surface area contributed by atoms with Crippen LogP contribution in [0.15, 0.2) is 74.4 Å². The number of aromatic nitrogens is 1. The van der Waals surface area contributed by atoms with E-state index in [-0.39, 0.29) is 4.90 Å². The summed E-state index contributed by atoms with van der Waals surface area (Å²) < 4.78 is 39.6. The summed E-state index contributed by atoms with van der Waals surface area (Å²) in [4.78, 5) is 15.9. The lowest BCUT2D eigenvalue weighted by Crippen LogP contribution is -2.44. The summed E-state index contributed by atoms with van der Waals surface area (Å²) in [5.74, 6) is -1.19. The fourth-order valence-corrected chi connectivity index (χ4v) is 5.11. The van der Waals surface area contributed by atoms with Gasteiger partial charge >= 0.3 is 5.97 Å². The molecule has 9 heteroatoms. The van der Waals surface area contributed by atoms with Gasteiger partial charge in [0.2, 0.25) is 15.9 Å². The van der Waals surface area contributed by atoms with Gasteiger partial charge in [0.25, 0.3) is 0 Å². The van der Waals surface area contributed by atoms with Gasteiger partial charge in [-0.1, -0.05) is 26.0 Å². The molecule has 0 radical (unpaired) electrons. The Kier molecular flexibility index (Phi) is 4.95. The van der Waals surface area contributed by atoms with Crippen LogP contribution in [0.3, 0.4) is 0 Å². The molecule has 0 spiro atoms. The van der Waals surface area contributed by atoms with Crippen molar-refractivity contribution >= 4 is 49.0 Å². The third kappa shape index (κ3) is 3.75. The van der Waals surface area contributed by atoms with E-state index >= 15 is 0 Å². The SMILES string of the molecule is CC(C)[C@H](NS(=O)(=O)c1ccc2c(c1)oc1cc(-c3nc4ccccc4o3)ccc12)C(=O)O. The molecule has 3 aromatic carbocycles. The number of oxazole rings is 1. The number of hydrogen-bond donors (Lipinski definition) is 2. The van der Waals surface area contributed by atoms with Crippen LogP contribution in [-0.2, 0) is 14.8 Å². The van der Waals surface area contributed by atoms with E-state index in [4.69, 9.17) is 8.83 Å². The van der Waals surface area contributed by atoms with Gasteiger partial charge in [0.1, 0.15) is 22.7 Å². The summed E-state index contributed by atoms with van der Waals surface area (Å²) in [6, 6.07) is 16.3. The Bertz CT molecular complexity index is 1600. The molecule has 1 atom stereocenters. The van der Waals surface area contributed by atoms with E-state index in [9.17, 15) is 18.3 Å². The summed E-state index contributed by atoms with van der Waals surface area (Å²) in [5, 5.41) is 10.9. The minimum atomic E-state index is -4.06. The number of rotatable bonds is 6. The van der Waals surface area contributed by atoms with Crippen molar-refractivity contribution in [3.05, 3.63) is 60.7 Å². The van der Waals surface area contributed by atoms with Gasteiger partial charge < -0.3 is 13.9 Å². The summed E-state index contributed by atoms with van der Waals surface area (Å²) in [6.07, 6.45) is 0. The lowest BCUT2D eigenvalue weighted by atomic mass is 10.1. The second-order valence-electron chi connectivity index (χ2n) is 8.14. The maximum absolute atomic E-state index is 12.8. The Morgan fingerprint density at radius 1 is 0.939 bits per heavy atom. The molecule has 33 heavy (non-hydrogen) atoms. The van der Waals surface area contributed by atoms with Crippen LogP contribution in [0.2, 0.25) is 0 Å². The Labute approximate surface area is 188 Å². The van der Waals surface area contributed by atoms with Crippen molar-refractivity contribution in [2.45, 2.75) is 24.8 Å². The van der Waals surface area contributed by atoms with Crippen LogP contribution < -0.4 is 4.72 Å². The van der Waals surface area contributed by atoms with Crippen LogP contribution in [0, 0.1) is 5.92 Å². The lowest BCUT2D eigenvalue weighted by Gasteiger charge is -2.17. The van der Waals surface area contributed by atoms with Crippen LogP contribution in [0.25, 0.3) is 44.5 Å². The molecule has 0 aliphatic rings. The summed E-state index contributed by atoms with van der Waals surface area (Å²) in [5.41, 5.74) is 3.09. The van der Waals surface area contributed by atoms with Crippen LogP contribution in [0.5, 0.6) is 0 Å². The number of nitrogens with zero attached hydrogens (tertiary/aromatic N) is 1. The monoisotopic (exact) mass is 464 g/mol. The topological polar surface area (TPSA) is 123 Å². The normalized spacial score (nSPS) is 13.3. The van der Waals surface area contributed by atoms with Crippen molar-refractivity contribution in [1.29, 1.82) is 0 Å². The highest BCUT2D eigenvalue weighted by atomic mass is 32.2. The van der Waals surface area contributed by atoms with Crippen molar-refractivity contribution in [2.24, 2.45) is 5.92 Å². The lowest BCUT2D eigenvalue weighted by molar-refractivity contribution is -0.140. The van der Waals surface area contributed by atoms with Crippen molar-refractivity contribution in [1.82, 2.24) is 9.71 Å². The number of carbonyl (C=O) groups is 1. The van der Waals surface area contributed by atoms with Crippen molar-refractivity contribution in [2.75, 3.05) is 0 Å². The second-order valence-corrected chi connectivity index (χ2v) is 9.85. The van der Waals surface area contributed by atoms with E-state index in [1.165, 1.54) is 12.1 Å². The molecule has 0 unspecified atom stereocenters. The van der Waals surface area contributed by atoms with Crippen LogP contribution in [-0.4, -0.2) is 30.5 Å². The predicted octanol–water partition coefficient (Wildman–Crippen LogP) is 4.78. The molecule has 5 aromatic rings. The highest BCUT2D eigenvalue weighted by Gasteiger charge is 2.28. The second kappa shape index (κ2) is 7.72. The summed E-state index contributed by atoms with van der Waals surface area (Å²) >= 11 is 0. The van der Waals surface area contributed by atoms with E-state index < -0.39 is 28.0 Å². The first-order chi connectivity index (χ1) is 15.7. The van der Waals surface area contributed by atoms with Gasteiger partial charge in [0.05, 0.1) is 4.90 Å². The Balaban J connectivity index is 1.54. The largest absolute Gasteiger partial charge is 0.480 e. The van der Waals surface area contributed by atoms with Gasteiger partial charge in [0, 0.05) is 22.4 Å². The van der Waals surface area contributed by atoms with Crippen molar-refractivity contribution in [3.63, 3.8) is 0 Å². The van der Waals surface area contributed by atoms with Gasteiger partial charge in [-0.25, -0.2) is 13.4 Å². The number of carboxylic acids is 1. The highest BCUT2D eigenvalue weighted by molar-refractivity contribution is 7.89. The number of nitrogens with one attached hydrogen (secondary N) is 1. The maximum atomic E-state index is 12.8. The fraction of sp³-hybridized carbons (Fsp3) is 0.167. The van der Waals surface area contributed by atoms with E-state index in [0.29, 0.717) is 22.6 Å². The van der Waals surface area contributed by atoms with E-state index in [0.717, 1.165) is 21.9 Å². The third-order valence-electron chi connectivity index (χ3n) is 5.51. The molecule has 2 N–H and O–H groups in total. The quantitative estimate of drug-likeness (QED) is 0.371. The molecule has 0 saturated heterocycles. The number of para-hydroxylation sites is 2. The van der Waals surface area contributed by atoms with Crippen LogP contribution in [0.1, 0.15) is 13.8 Å². The fourth-order valence-electron chi connectivity index (χ4n) is 3.76. The zero-order valence-corrected chi connectivity index (χ0v) is 18.6. The average molecular weight is 464 g/mol. The smallest absolute Gasteiger partial charge is 0.322 e. The summed E-state index contributed by atoms with van der Waals surface area (Å²) in [7, 11) is -4.06.